The van der Waals surface area contributed by atoms with Crippen LogP contribution in [-0.4, -0.2) is 20.7 Å². The van der Waals surface area contributed by atoms with Crippen LogP contribution in [0.3, 0.4) is 0 Å². The molecule has 2 N–H and O–H groups in total. The van der Waals surface area contributed by atoms with Gasteiger partial charge in [0.05, 0.1) is 11.4 Å². The van der Waals surface area contributed by atoms with Crippen molar-refractivity contribution >= 4 is 17.5 Å². The van der Waals surface area contributed by atoms with E-state index >= 15 is 0 Å². The van der Waals surface area contributed by atoms with E-state index in [2.05, 4.69) is 10.1 Å². The van der Waals surface area contributed by atoms with Crippen LogP contribution in [0.1, 0.15) is 33.7 Å². The number of halogens is 5. The number of benzene rings is 1. The highest BCUT2D eigenvalue weighted by Crippen LogP contribution is 2.29. The van der Waals surface area contributed by atoms with E-state index in [1.807, 2.05) is 0 Å². The maximum atomic E-state index is 12.6. The first-order valence-corrected chi connectivity index (χ1v) is 8.88. The van der Waals surface area contributed by atoms with Gasteiger partial charge < -0.3 is 5.73 Å². The third-order valence-electron chi connectivity index (χ3n) is 4.18. The molecule has 0 fully saturated rings. The Labute approximate surface area is 168 Å². The lowest BCUT2D eigenvalue weighted by molar-refractivity contribution is -0.141. The minimum Gasteiger partial charge on any atom is -0.366 e. The maximum Gasteiger partial charge on any atom is 0.433 e. The molecule has 0 unspecified atom stereocenters. The highest BCUT2D eigenvalue weighted by Gasteiger charge is 2.32. The van der Waals surface area contributed by atoms with Gasteiger partial charge in [0.1, 0.15) is 11.5 Å². The summed E-state index contributed by atoms with van der Waals surface area (Å²) in [7, 11) is 0. The van der Waals surface area contributed by atoms with Gasteiger partial charge in [0, 0.05) is 23.0 Å². The highest BCUT2D eigenvalue weighted by atomic mass is 35.5. The van der Waals surface area contributed by atoms with E-state index < -0.39 is 23.6 Å². The Morgan fingerprint density at radius 2 is 1.93 bits per heavy atom. The zero-order chi connectivity index (χ0) is 21.2. The number of pyridine rings is 1. The molecule has 0 saturated carbocycles. The predicted octanol–water partition coefficient (Wildman–Crippen LogP) is 4.35. The Bertz CT molecular complexity index is 1010. The number of primary amides is 1. The summed E-state index contributed by atoms with van der Waals surface area (Å²) in [6.45, 7) is 0. The summed E-state index contributed by atoms with van der Waals surface area (Å²) in [5.41, 5.74) is 6.58. The molecular formula is C19H15ClF4N4O. The molecule has 10 heteroatoms. The third kappa shape index (κ3) is 5.11. The smallest absolute Gasteiger partial charge is 0.366 e. The van der Waals surface area contributed by atoms with Gasteiger partial charge in [0.15, 0.2) is 0 Å². The number of nitrogens with zero attached hydrogens (tertiary/aromatic N) is 3. The number of aromatic nitrogens is 3. The van der Waals surface area contributed by atoms with Gasteiger partial charge in [-0.05, 0) is 55.2 Å². The Morgan fingerprint density at radius 3 is 2.55 bits per heavy atom. The van der Waals surface area contributed by atoms with Gasteiger partial charge in [-0.25, -0.2) is 9.07 Å². The van der Waals surface area contributed by atoms with Crippen molar-refractivity contribution in [1.29, 1.82) is 0 Å². The number of amides is 1. The molecule has 0 saturated heterocycles. The highest BCUT2D eigenvalue weighted by molar-refractivity contribution is 6.30. The van der Waals surface area contributed by atoms with E-state index in [4.69, 9.17) is 17.3 Å². The molecule has 0 radical (unpaired) electrons. The Morgan fingerprint density at radius 1 is 1.17 bits per heavy atom. The number of carbonyl (C=O) groups is 1. The number of alkyl halides is 3. The Hall–Kier alpha value is -2.94. The molecule has 0 aliphatic heterocycles. The summed E-state index contributed by atoms with van der Waals surface area (Å²) >= 11 is 5.45. The summed E-state index contributed by atoms with van der Waals surface area (Å²) in [5, 5.41) is 4.47. The van der Waals surface area contributed by atoms with Crippen molar-refractivity contribution in [1.82, 2.24) is 14.8 Å². The van der Waals surface area contributed by atoms with Crippen LogP contribution in [0.2, 0.25) is 5.02 Å². The van der Waals surface area contributed by atoms with Crippen LogP contribution in [0, 0.1) is 5.82 Å². The number of aryl methyl sites for hydroxylation is 2. The maximum absolute atomic E-state index is 12.6. The normalized spacial score (nSPS) is 12.9. The van der Waals surface area contributed by atoms with Crippen LogP contribution in [-0.2, 0) is 19.0 Å². The summed E-state index contributed by atoms with van der Waals surface area (Å²) in [4.78, 5) is 13.8. The fourth-order valence-corrected chi connectivity index (χ4v) is 3.08. The van der Waals surface area contributed by atoms with Gasteiger partial charge in [-0.3, -0.25) is 9.78 Å². The Balaban J connectivity index is 0.000000188. The number of carbonyl (C=O) groups excluding carboxylic acids is 1. The van der Waals surface area contributed by atoms with Crippen molar-refractivity contribution < 1.29 is 22.4 Å². The molecule has 1 amide bonds. The molecule has 1 aliphatic rings. The molecule has 0 atom stereocenters. The lowest BCUT2D eigenvalue weighted by Gasteiger charge is -2.07. The minimum absolute atomic E-state index is 0.0787. The zero-order valence-electron chi connectivity index (χ0n) is 14.9. The Kier molecular flexibility index (Phi) is 5.88. The van der Waals surface area contributed by atoms with Crippen molar-refractivity contribution in [2.24, 2.45) is 5.73 Å². The molecule has 2 aromatic heterocycles. The van der Waals surface area contributed by atoms with E-state index in [9.17, 15) is 22.4 Å². The topological polar surface area (TPSA) is 73.8 Å². The fraction of sp³-hybridized carbons (Fsp3) is 0.211. The summed E-state index contributed by atoms with van der Waals surface area (Å²) < 4.78 is 51.7. The standard InChI is InChI=1S/C12H10F3N3.C7H5ClFNO/c13-12(14,15)11-6-9(4-5-16-11)18-7-8-2-1-3-10(8)17-18;8-5-1-4(7(10)11)2-6(9)3-5/h4-7H,1-3H2;1-3H,(H2,10,11). The SMILES string of the molecule is FC(F)(F)c1cc(-n2cc3c(n2)CCC3)ccn1.NC(=O)c1cc(F)cc(Cl)c1. The number of hydrogen-bond donors (Lipinski definition) is 1. The van der Waals surface area contributed by atoms with Crippen molar-refractivity contribution in [2.45, 2.75) is 25.4 Å². The predicted molar refractivity (Wildman–Crippen MR) is 98.3 cm³/mol. The molecule has 1 aliphatic carbocycles. The average Bonchev–Trinajstić information content (AvgIpc) is 3.23. The third-order valence-corrected chi connectivity index (χ3v) is 4.40. The van der Waals surface area contributed by atoms with E-state index in [0.29, 0.717) is 5.69 Å². The number of fused-ring (bicyclic) bond motifs is 1. The zero-order valence-corrected chi connectivity index (χ0v) is 15.6. The molecule has 29 heavy (non-hydrogen) atoms. The largest absolute Gasteiger partial charge is 0.433 e. The molecule has 5 nitrogen and oxygen atoms in total. The summed E-state index contributed by atoms with van der Waals surface area (Å²) in [6, 6.07) is 5.99. The molecule has 152 valence electrons. The number of rotatable bonds is 2. The first kappa shape index (κ1) is 20.8. The van der Waals surface area contributed by atoms with Gasteiger partial charge in [-0.15, -0.1) is 0 Å². The molecule has 3 aromatic rings. The van der Waals surface area contributed by atoms with Crippen LogP contribution in [0.15, 0.2) is 42.7 Å². The number of hydrogen-bond acceptors (Lipinski definition) is 3. The second-order valence-electron chi connectivity index (χ2n) is 6.32. The summed E-state index contributed by atoms with van der Waals surface area (Å²) in [6.07, 6.45) is 1.46. The van der Waals surface area contributed by atoms with Gasteiger partial charge in [0.25, 0.3) is 0 Å². The van der Waals surface area contributed by atoms with Crippen LogP contribution in [0.4, 0.5) is 17.6 Å². The van der Waals surface area contributed by atoms with Crippen molar-refractivity contribution in [2.75, 3.05) is 0 Å². The van der Waals surface area contributed by atoms with E-state index in [0.717, 1.165) is 54.9 Å². The fourth-order valence-electron chi connectivity index (χ4n) is 2.86. The lowest BCUT2D eigenvalue weighted by Crippen LogP contribution is -2.10. The van der Waals surface area contributed by atoms with Crippen LogP contribution in [0.5, 0.6) is 0 Å². The van der Waals surface area contributed by atoms with E-state index in [1.54, 1.807) is 6.20 Å². The van der Waals surface area contributed by atoms with E-state index in [-0.39, 0.29) is 10.6 Å². The minimum atomic E-state index is -4.42. The van der Waals surface area contributed by atoms with E-state index in [1.165, 1.54) is 16.8 Å². The quantitative estimate of drug-likeness (QED) is 0.619. The molecular weight excluding hydrogens is 412 g/mol. The second kappa shape index (κ2) is 8.20. The number of nitrogens with two attached hydrogens (primary N) is 1. The van der Waals surface area contributed by atoms with Gasteiger partial charge in [0.2, 0.25) is 5.91 Å². The van der Waals surface area contributed by atoms with Crippen LogP contribution in [0.25, 0.3) is 5.69 Å². The van der Waals surface area contributed by atoms with Crippen LogP contribution < -0.4 is 5.73 Å². The monoisotopic (exact) mass is 426 g/mol. The van der Waals surface area contributed by atoms with Crippen molar-refractivity contribution in [3.8, 4) is 5.69 Å². The molecule has 2 heterocycles. The lowest BCUT2D eigenvalue weighted by atomic mass is 10.2. The molecule has 4 rings (SSSR count). The first-order valence-electron chi connectivity index (χ1n) is 8.50. The summed E-state index contributed by atoms with van der Waals surface area (Å²) in [5.74, 6) is -1.25. The van der Waals surface area contributed by atoms with Crippen LogP contribution >= 0.6 is 11.6 Å². The molecule has 0 spiro atoms. The van der Waals surface area contributed by atoms with Gasteiger partial charge in [-0.1, -0.05) is 11.6 Å². The molecule has 1 aromatic carbocycles. The average molecular weight is 427 g/mol. The second-order valence-corrected chi connectivity index (χ2v) is 6.76. The van der Waals surface area contributed by atoms with Gasteiger partial charge >= 0.3 is 6.18 Å². The molecule has 0 bridgehead atoms. The van der Waals surface area contributed by atoms with Crippen molar-refractivity contribution in [3.63, 3.8) is 0 Å². The van der Waals surface area contributed by atoms with Gasteiger partial charge in [-0.2, -0.15) is 18.3 Å². The first-order chi connectivity index (χ1) is 13.6. The van der Waals surface area contributed by atoms with Crippen molar-refractivity contribution in [3.05, 3.63) is 76.1 Å².